The van der Waals surface area contributed by atoms with Crippen LogP contribution in [0.1, 0.15) is 38.8 Å². The van der Waals surface area contributed by atoms with E-state index in [1.807, 2.05) is 13.8 Å². The van der Waals surface area contributed by atoms with E-state index in [0.29, 0.717) is 12.3 Å². The van der Waals surface area contributed by atoms with E-state index < -0.39 is 0 Å². The highest BCUT2D eigenvalue weighted by Crippen LogP contribution is 2.26. The molecule has 0 aliphatic carbocycles. The van der Waals surface area contributed by atoms with Gasteiger partial charge in [-0.1, -0.05) is 6.92 Å². The highest BCUT2D eigenvalue weighted by atomic mass is 19.1. The first kappa shape index (κ1) is 17.4. The molecule has 0 saturated carbocycles. The fourth-order valence-corrected chi connectivity index (χ4v) is 1.89. The van der Waals surface area contributed by atoms with E-state index in [4.69, 9.17) is 4.74 Å². The Morgan fingerprint density at radius 1 is 1.43 bits per heavy atom. The molecular formula is C16H25FN2O2. The van der Waals surface area contributed by atoms with E-state index in [1.165, 1.54) is 12.1 Å². The molecule has 0 saturated heterocycles. The van der Waals surface area contributed by atoms with E-state index in [-0.39, 0.29) is 24.4 Å². The van der Waals surface area contributed by atoms with Crippen molar-refractivity contribution in [3.8, 4) is 5.75 Å². The summed E-state index contributed by atoms with van der Waals surface area (Å²) in [5, 5.41) is 3.30. The van der Waals surface area contributed by atoms with E-state index in [1.54, 1.807) is 18.0 Å². The Bertz CT molecular complexity index is 466. The predicted molar refractivity (Wildman–Crippen MR) is 81.9 cm³/mol. The summed E-state index contributed by atoms with van der Waals surface area (Å²) in [6.07, 6.45) is 0.996. The quantitative estimate of drug-likeness (QED) is 0.802. The van der Waals surface area contributed by atoms with Crippen LogP contribution in [0.3, 0.4) is 0 Å². The van der Waals surface area contributed by atoms with Crippen molar-refractivity contribution in [2.24, 2.45) is 0 Å². The zero-order chi connectivity index (χ0) is 15.8. The predicted octanol–water partition coefficient (Wildman–Crippen LogP) is 2.74. The zero-order valence-electron chi connectivity index (χ0n) is 13.3. The van der Waals surface area contributed by atoms with E-state index in [0.717, 1.165) is 18.5 Å². The molecule has 0 bridgehead atoms. The number of hydrogen-bond donors (Lipinski definition) is 1. The number of nitrogens with one attached hydrogen (secondary N) is 1. The Labute approximate surface area is 126 Å². The van der Waals surface area contributed by atoms with Gasteiger partial charge >= 0.3 is 0 Å². The average Bonchev–Trinajstić information content (AvgIpc) is 2.49. The van der Waals surface area contributed by atoms with Gasteiger partial charge < -0.3 is 15.0 Å². The lowest BCUT2D eigenvalue weighted by Gasteiger charge is -2.19. The number of rotatable bonds is 8. The van der Waals surface area contributed by atoms with Gasteiger partial charge in [0.25, 0.3) is 5.91 Å². The minimum atomic E-state index is -0.306. The molecule has 1 aromatic rings. The Morgan fingerprint density at radius 3 is 2.76 bits per heavy atom. The first-order valence-electron chi connectivity index (χ1n) is 7.39. The van der Waals surface area contributed by atoms with Gasteiger partial charge in [-0.3, -0.25) is 4.79 Å². The molecule has 118 valence electrons. The summed E-state index contributed by atoms with van der Waals surface area (Å²) < 4.78 is 19.0. The number of hydrogen-bond acceptors (Lipinski definition) is 3. The summed E-state index contributed by atoms with van der Waals surface area (Å²) in [6, 6.07) is 4.35. The molecule has 0 aliphatic rings. The van der Waals surface area contributed by atoms with Gasteiger partial charge in [0.1, 0.15) is 11.6 Å². The van der Waals surface area contributed by atoms with Crippen molar-refractivity contribution in [1.29, 1.82) is 0 Å². The monoisotopic (exact) mass is 296 g/mol. The highest BCUT2D eigenvalue weighted by molar-refractivity contribution is 5.77. The van der Waals surface area contributed by atoms with Gasteiger partial charge in [-0.05, 0) is 45.0 Å². The Morgan fingerprint density at radius 2 is 2.14 bits per heavy atom. The Kier molecular flexibility index (Phi) is 7.15. The molecule has 5 heteroatoms. The maximum absolute atomic E-state index is 13.5. The number of halogens is 1. The first-order chi connectivity index (χ1) is 9.99. The lowest BCUT2D eigenvalue weighted by atomic mass is 10.1. The lowest BCUT2D eigenvalue weighted by Crippen LogP contribution is -2.31. The van der Waals surface area contributed by atoms with Crippen LogP contribution in [0.5, 0.6) is 5.75 Å². The molecule has 0 fully saturated rings. The van der Waals surface area contributed by atoms with Crippen LogP contribution < -0.4 is 10.1 Å². The third-order valence-electron chi connectivity index (χ3n) is 3.39. The zero-order valence-corrected chi connectivity index (χ0v) is 13.3. The molecule has 0 aromatic heterocycles. The number of nitrogens with zero attached hydrogens (tertiary/aromatic N) is 1. The van der Waals surface area contributed by atoms with Gasteiger partial charge in [-0.2, -0.15) is 0 Å². The third-order valence-corrected chi connectivity index (χ3v) is 3.39. The van der Waals surface area contributed by atoms with Crippen LogP contribution in [0.2, 0.25) is 0 Å². The summed E-state index contributed by atoms with van der Waals surface area (Å²) in [4.78, 5) is 13.4. The maximum atomic E-state index is 13.5. The van der Waals surface area contributed by atoms with Gasteiger partial charge in [0.15, 0.2) is 6.61 Å². The summed E-state index contributed by atoms with van der Waals surface area (Å²) in [5.41, 5.74) is 0.732. The second-order valence-corrected chi connectivity index (χ2v) is 5.05. The van der Waals surface area contributed by atoms with Crippen LogP contribution in [0.25, 0.3) is 0 Å². The van der Waals surface area contributed by atoms with Crippen LogP contribution in [-0.2, 0) is 4.79 Å². The van der Waals surface area contributed by atoms with Crippen molar-refractivity contribution >= 4 is 5.91 Å². The summed E-state index contributed by atoms with van der Waals surface area (Å²) >= 11 is 0. The molecule has 1 atom stereocenters. The van der Waals surface area contributed by atoms with Gasteiger partial charge in [-0.25, -0.2) is 4.39 Å². The molecule has 1 aromatic carbocycles. The molecule has 21 heavy (non-hydrogen) atoms. The molecule has 0 heterocycles. The van der Waals surface area contributed by atoms with Crippen LogP contribution in [-0.4, -0.2) is 37.6 Å². The highest BCUT2D eigenvalue weighted by Gasteiger charge is 2.14. The normalized spacial score (nSPS) is 12.0. The molecule has 0 aliphatic heterocycles. The fourth-order valence-electron chi connectivity index (χ4n) is 1.89. The number of benzene rings is 1. The van der Waals surface area contributed by atoms with Gasteiger partial charge in [0.05, 0.1) is 0 Å². The smallest absolute Gasteiger partial charge is 0.260 e. The second-order valence-electron chi connectivity index (χ2n) is 5.05. The van der Waals surface area contributed by atoms with Crippen molar-refractivity contribution in [1.82, 2.24) is 10.2 Å². The molecule has 1 N–H and O–H groups in total. The van der Waals surface area contributed by atoms with Crippen molar-refractivity contribution in [2.45, 2.75) is 33.2 Å². The summed E-state index contributed by atoms with van der Waals surface area (Å²) in [7, 11) is 1.72. The van der Waals surface area contributed by atoms with Crippen LogP contribution in [0, 0.1) is 5.82 Å². The van der Waals surface area contributed by atoms with Crippen molar-refractivity contribution in [2.75, 3.05) is 26.7 Å². The molecule has 1 unspecified atom stereocenters. The number of carbonyl (C=O) groups is 1. The molecule has 0 spiro atoms. The van der Waals surface area contributed by atoms with E-state index in [9.17, 15) is 9.18 Å². The fraction of sp³-hybridized carbons (Fsp3) is 0.562. The second kappa shape index (κ2) is 8.62. The molecular weight excluding hydrogens is 271 g/mol. The lowest BCUT2D eigenvalue weighted by molar-refractivity contribution is -0.131. The first-order valence-corrected chi connectivity index (χ1v) is 7.39. The van der Waals surface area contributed by atoms with Gasteiger partial charge in [0, 0.05) is 25.2 Å². The van der Waals surface area contributed by atoms with Crippen LogP contribution in [0.4, 0.5) is 4.39 Å². The summed E-state index contributed by atoms with van der Waals surface area (Å²) in [6.45, 7) is 7.36. The number of likely N-dealkylation sites (N-methyl/N-ethyl adjacent to an activating group) is 1. The largest absolute Gasteiger partial charge is 0.483 e. The Hall–Kier alpha value is -1.62. The minimum absolute atomic E-state index is 0.0327. The van der Waals surface area contributed by atoms with Gasteiger partial charge in [-0.15, -0.1) is 0 Å². The van der Waals surface area contributed by atoms with Gasteiger partial charge in [0.2, 0.25) is 0 Å². The van der Waals surface area contributed by atoms with Crippen molar-refractivity contribution in [3.05, 3.63) is 29.6 Å². The molecule has 0 radical (unpaired) electrons. The number of carbonyl (C=O) groups excluding carboxylic acids is 1. The molecule has 1 amide bonds. The Balaban J connectivity index is 2.79. The SMILES string of the molecule is CCCNC(C)c1cc(F)ccc1OCC(=O)N(C)CC. The summed E-state index contributed by atoms with van der Waals surface area (Å²) in [5.74, 6) is 0.145. The molecule has 4 nitrogen and oxygen atoms in total. The molecule has 1 rings (SSSR count). The van der Waals surface area contributed by atoms with E-state index >= 15 is 0 Å². The number of ether oxygens (including phenoxy) is 1. The van der Waals surface area contributed by atoms with Crippen molar-refractivity contribution < 1.29 is 13.9 Å². The maximum Gasteiger partial charge on any atom is 0.260 e. The van der Waals surface area contributed by atoms with Crippen LogP contribution in [0.15, 0.2) is 18.2 Å². The van der Waals surface area contributed by atoms with Crippen molar-refractivity contribution in [3.63, 3.8) is 0 Å². The number of amides is 1. The topological polar surface area (TPSA) is 41.6 Å². The van der Waals surface area contributed by atoms with E-state index in [2.05, 4.69) is 12.2 Å². The third kappa shape index (κ3) is 5.34. The standard InChI is InChI=1S/C16H25FN2O2/c1-5-9-18-12(3)14-10-13(17)7-8-15(14)21-11-16(20)19(4)6-2/h7-8,10,12,18H,5-6,9,11H2,1-4H3. The minimum Gasteiger partial charge on any atom is -0.483 e. The average molecular weight is 296 g/mol. The van der Waals surface area contributed by atoms with Crippen LogP contribution >= 0.6 is 0 Å².